The highest BCUT2D eigenvalue weighted by Crippen LogP contribution is 2.36. The maximum Gasteiger partial charge on any atom is 0.408 e. The molecule has 0 aliphatic heterocycles. The van der Waals surface area contributed by atoms with Crippen molar-refractivity contribution in [2.24, 2.45) is 5.92 Å². The summed E-state index contributed by atoms with van der Waals surface area (Å²) in [5.41, 5.74) is 0.104. The molecule has 1 aromatic carbocycles. The molecule has 190 valence electrons. The lowest BCUT2D eigenvalue weighted by Crippen LogP contribution is -2.54. The number of amides is 3. The van der Waals surface area contributed by atoms with Crippen molar-refractivity contribution in [2.45, 2.75) is 104 Å². The summed E-state index contributed by atoms with van der Waals surface area (Å²) in [7, 11) is 0. The number of hydrogen-bond acceptors (Lipinski definition) is 4. The quantitative estimate of drug-likeness (QED) is 0.420. The molecular formula is C27H43N3O4. The second kappa shape index (κ2) is 12.8. The minimum absolute atomic E-state index is 0.0193. The first-order valence-electron chi connectivity index (χ1n) is 12.7. The van der Waals surface area contributed by atoms with E-state index in [9.17, 15) is 14.4 Å². The Balaban J connectivity index is 2.33. The first kappa shape index (κ1) is 27.7. The Labute approximate surface area is 205 Å². The van der Waals surface area contributed by atoms with Gasteiger partial charge in [0.1, 0.15) is 17.7 Å². The average Bonchev–Trinajstić information content (AvgIpc) is 3.58. The average molecular weight is 474 g/mol. The molecule has 0 bridgehead atoms. The number of nitrogens with zero attached hydrogens (tertiary/aromatic N) is 1. The number of hydrogen-bond donors (Lipinski definition) is 2. The number of carbonyl (C=O) groups is 3. The maximum absolute atomic E-state index is 13.9. The fourth-order valence-electron chi connectivity index (χ4n) is 3.95. The molecule has 2 rings (SSSR count). The molecule has 1 aromatic rings. The Morgan fingerprint density at radius 2 is 1.74 bits per heavy atom. The Morgan fingerprint density at radius 1 is 1.09 bits per heavy atom. The number of benzene rings is 1. The zero-order valence-corrected chi connectivity index (χ0v) is 21.7. The van der Waals surface area contributed by atoms with Crippen molar-refractivity contribution >= 4 is 17.9 Å². The summed E-state index contributed by atoms with van der Waals surface area (Å²) < 4.78 is 5.42. The van der Waals surface area contributed by atoms with Crippen LogP contribution < -0.4 is 10.6 Å². The number of carbonyl (C=O) groups excluding carboxylic acids is 3. The highest BCUT2D eigenvalue weighted by Gasteiger charge is 2.44. The third kappa shape index (κ3) is 8.99. The van der Waals surface area contributed by atoms with E-state index in [0.29, 0.717) is 13.0 Å². The monoisotopic (exact) mass is 473 g/mol. The number of alkyl carbamates (subject to hydrolysis) is 1. The molecular weight excluding hydrogens is 430 g/mol. The molecule has 3 amide bonds. The van der Waals surface area contributed by atoms with Crippen LogP contribution in [-0.2, 0) is 14.3 Å². The molecule has 7 heteroatoms. The number of unbranched alkanes of at least 4 members (excludes halogenated alkanes) is 2. The second-order valence-corrected chi connectivity index (χ2v) is 10.6. The van der Waals surface area contributed by atoms with Gasteiger partial charge in [0.2, 0.25) is 11.8 Å². The number of ether oxygens (including phenoxy) is 1. The van der Waals surface area contributed by atoms with E-state index in [0.717, 1.165) is 37.7 Å². The van der Waals surface area contributed by atoms with Crippen LogP contribution in [0, 0.1) is 5.92 Å². The predicted octanol–water partition coefficient (Wildman–Crippen LogP) is 4.96. The maximum atomic E-state index is 13.9. The Kier molecular flexibility index (Phi) is 10.4. The van der Waals surface area contributed by atoms with Crippen molar-refractivity contribution in [2.75, 3.05) is 6.54 Å². The number of nitrogens with one attached hydrogen (secondary N) is 2. The minimum Gasteiger partial charge on any atom is -0.444 e. The van der Waals surface area contributed by atoms with Crippen molar-refractivity contribution < 1.29 is 19.1 Å². The van der Waals surface area contributed by atoms with Gasteiger partial charge in [-0.3, -0.25) is 9.59 Å². The van der Waals surface area contributed by atoms with E-state index in [2.05, 4.69) is 17.6 Å². The number of rotatable bonds is 12. The van der Waals surface area contributed by atoms with E-state index in [1.807, 2.05) is 44.2 Å². The molecule has 1 aliphatic rings. The van der Waals surface area contributed by atoms with Crippen LogP contribution in [0.3, 0.4) is 0 Å². The van der Waals surface area contributed by atoms with Crippen molar-refractivity contribution in [1.82, 2.24) is 15.5 Å². The Hall–Kier alpha value is -2.57. The molecule has 0 saturated heterocycles. The van der Waals surface area contributed by atoms with Gasteiger partial charge >= 0.3 is 6.09 Å². The fraction of sp³-hybridized carbons (Fsp3) is 0.667. The normalized spacial score (nSPS) is 15.4. The van der Waals surface area contributed by atoms with Crippen molar-refractivity contribution in [3.63, 3.8) is 0 Å². The zero-order valence-electron chi connectivity index (χ0n) is 21.7. The molecule has 0 aromatic heterocycles. The van der Waals surface area contributed by atoms with Crippen LogP contribution >= 0.6 is 0 Å². The van der Waals surface area contributed by atoms with Crippen LogP contribution in [0.4, 0.5) is 4.79 Å². The third-order valence-electron chi connectivity index (χ3n) is 5.61. The summed E-state index contributed by atoms with van der Waals surface area (Å²) in [6.07, 6.45) is 4.54. The van der Waals surface area contributed by atoms with E-state index in [-0.39, 0.29) is 23.8 Å². The highest BCUT2D eigenvalue weighted by atomic mass is 16.6. The van der Waals surface area contributed by atoms with E-state index in [4.69, 9.17) is 4.74 Å². The lowest BCUT2D eigenvalue weighted by Gasteiger charge is -2.35. The van der Waals surface area contributed by atoms with Gasteiger partial charge in [0.05, 0.1) is 0 Å². The van der Waals surface area contributed by atoms with Crippen LogP contribution in [-0.4, -0.2) is 47.0 Å². The van der Waals surface area contributed by atoms with Gasteiger partial charge in [-0.1, -0.05) is 63.9 Å². The zero-order chi connectivity index (χ0) is 25.3. The van der Waals surface area contributed by atoms with Gasteiger partial charge in [0.15, 0.2) is 0 Å². The van der Waals surface area contributed by atoms with E-state index < -0.39 is 23.8 Å². The molecule has 1 fully saturated rings. The third-order valence-corrected chi connectivity index (χ3v) is 5.61. The minimum atomic E-state index is -0.769. The van der Waals surface area contributed by atoms with Crippen LogP contribution in [0.5, 0.6) is 0 Å². The largest absolute Gasteiger partial charge is 0.444 e. The van der Waals surface area contributed by atoms with Crippen LogP contribution in [0.2, 0.25) is 0 Å². The summed E-state index contributed by atoms with van der Waals surface area (Å²) in [5, 5.41) is 5.83. The highest BCUT2D eigenvalue weighted by molar-refractivity contribution is 5.92. The smallest absolute Gasteiger partial charge is 0.408 e. The molecule has 2 N–H and O–H groups in total. The van der Waals surface area contributed by atoms with Crippen molar-refractivity contribution in [3.05, 3.63) is 35.9 Å². The summed E-state index contributed by atoms with van der Waals surface area (Å²) >= 11 is 0. The molecule has 0 radical (unpaired) electrons. The Bertz CT molecular complexity index is 800. The van der Waals surface area contributed by atoms with Crippen molar-refractivity contribution in [3.8, 4) is 0 Å². The van der Waals surface area contributed by atoms with Crippen molar-refractivity contribution in [1.29, 1.82) is 0 Å². The second-order valence-electron chi connectivity index (χ2n) is 10.6. The van der Waals surface area contributed by atoms with Gasteiger partial charge < -0.3 is 20.3 Å². The molecule has 34 heavy (non-hydrogen) atoms. The lowest BCUT2D eigenvalue weighted by atomic mass is 9.99. The van der Waals surface area contributed by atoms with Gasteiger partial charge in [-0.2, -0.15) is 0 Å². The predicted molar refractivity (Wildman–Crippen MR) is 134 cm³/mol. The SMILES string of the molecule is CCCCCNC(=O)C(c1ccccc1)N(C(=O)C(CC(C)C)NC(=O)OC(C)(C)C)C1CC1. The van der Waals surface area contributed by atoms with Gasteiger partial charge in [-0.05, 0) is 57.9 Å². The van der Waals surface area contributed by atoms with Gasteiger partial charge in [0.25, 0.3) is 0 Å². The van der Waals surface area contributed by atoms with E-state index in [1.165, 1.54) is 0 Å². The summed E-state index contributed by atoms with van der Waals surface area (Å²) in [5.74, 6) is -0.245. The molecule has 1 saturated carbocycles. The van der Waals surface area contributed by atoms with Gasteiger partial charge in [-0.15, -0.1) is 0 Å². The molecule has 0 heterocycles. The van der Waals surface area contributed by atoms with E-state index in [1.54, 1.807) is 25.7 Å². The van der Waals surface area contributed by atoms with Gasteiger partial charge in [-0.25, -0.2) is 4.79 Å². The standard InChI is InChI=1S/C27H43N3O4/c1-7-8-12-17-28-24(31)23(20-13-10-9-11-14-20)30(21-15-16-21)25(32)22(18-19(2)3)29-26(33)34-27(4,5)6/h9-11,13-14,19,21-23H,7-8,12,15-18H2,1-6H3,(H,28,31)(H,29,33). The fourth-order valence-corrected chi connectivity index (χ4v) is 3.95. The topological polar surface area (TPSA) is 87.7 Å². The van der Waals surface area contributed by atoms with E-state index >= 15 is 0 Å². The molecule has 2 atom stereocenters. The summed E-state index contributed by atoms with van der Waals surface area (Å²) in [6.45, 7) is 12.1. The first-order valence-corrected chi connectivity index (χ1v) is 12.7. The summed E-state index contributed by atoms with van der Waals surface area (Å²) in [6, 6.07) is 7.91. The Morgan fingerprint density at radius 3 is 2.26 bits per heavy atom. The first-order chi connectivity index (χ1) is 16.0. The molecule has 7 nitrogen and oxygen atoms in total. The molecule has 2 unspecified atom stereocenters. The molecule has 1 aliphatic carbocycles. The van der Waals surface area contributed by atoms with Crippen LogP contribution in [0.15, 0.2) is 30.3 Å². The molecule has 0 spiro atoms. The van der Waals surface area contributed by atoms with Crippen LogP contribution in [0.1, 0.15) is 91.7 Å². The summed E-state index contributed by atoms with van der Waals surface area (Å²) in [4.78, 5) is 41.6. The van der Waals surface area contributed by atoms with Crippen LogP contribution in [0.25, 0.3) is 0 Å². The van der Waals surface area contributed by atoms with Gasteiger partial charge in [0, 0.05) is 12.6 Å². The lowest BCUT2D eigenvalue weighted by molar-refractivity contribution is -0.143.